The fraction of sp³-hybridized carbons (Fsp3) is 0.625. The van der Waals surface area contributed by atoms with Crippen LogP contribution in [0.4, 0.5) is 0 Å². The second-order valence-electron chi connectivity index (χ2n) is 2.71. The van der Waals surface area contributed by atoms with Gasteiger partial charge in [0, 0.05) is 0 Å². The quantitative estimate of drug-likeness (QED) is 0.749. The van der Waals surface area contributed by atoms with Crippen molar-refractivity contribution in [3.63, 3.8) is 0 Å². The Morgan fingerprint density at radius 2 is 2.33 bits per heavy atom. The van der Waals surface area contributed by atoms with Crippen molar-refractivity contribution < 1.29 is 9.53 Å². The van der Waals surface area contributed by atoms with Crippen LogP contribution in [0.25, 0.3) is 0 Å². The van der Waals surface area contributed by atoms with Crippen LogP contribution in [-0.4, -0.2) is 12.6 Å². The fourth-order valence-electron chi connectivity index (χ4n) is 1.08. The van der Waals surface area contributed by atoms with Crippen molar-refractivity contribution in [2.45, 2.75) is 13.3 Å². The Hall–Kier alpha value is 0.170. The summed E-state index contributed by atoms with van der Waals surface area (Å²) in [5.74, 6) is 0.382. The van der Waals surface area contributed by atoms with Gasteiger partial charge in [-0.25, -0.2) is 0 Å². The van der Waals surface area contributed by atoms with Gasteiger partial charge in [-0.2, -0.15) is 0 Å². The lowest BCUT2D eigenvalue weighted by Gasteiger charge is -1.97. The lowest BCUT2D eigenvalue weighted by Crippen LogP contribution is -2.06. The van der Waals surface area contributed by atoms with Crippen LogP contribution >= 0.6 is 31.9 Å². The molecule has 0 aliphatic heterocycles. The molecule has 2 atom stereocenters. The number of hydrogen-bond donors (Lipinski definition) is 0. The van der Waals surface area contributed by atoms with E-state index in [2.05, 4.69) is 31.9 Å². The highest BCUT2D eigenvalue weighted by Crippen LogP contribution is 2.42. The molecule has 0 aromatic carbocycles. The molecule has 1 aliphatic rings. The number of carbonyl (C=O) groups is 1. The molecule has 0 aromatic heterocycles. The molecule has 1 fully saturated rings. The minimum atomic E-state index is -0.0694. The molecule has 12 heavy (non-hydrogen) atoms. The average Bonchev–Trinajstić information content (AvgIpc) is 2.67. The van der Waals surface area contributed by atoms with Gasteiger partial charge < -0.3 is 4.74 Å². The monoisotopic (exact) mass is 296 g/mol. The molecule has 4 heteroatoms. The van der Waals surface area contributed by atoms with Crippen molar-refractivity contribution in [3.8, 4) is 0 Å². The first-order valence-electron chi connectivity index (χ1n) is 3.84. The Balaban J connectivity index is 2.32. The summed E-state index contributed by atoms with van der Waals surface area (Å²) in [6, 6.07) is 0. The van der Waals surface area contributed by atoms with E-state index in [1.807, 2.05) is 13.0 Å². The van der Waals surface area contributed by atoms with Gasteiger partial charge in [0.2, 0.25) is 0 Å². The van der Waals surface area contributed by atoms with Crippen molar-refractivity contribution in [2.24, 2.45) is 11.8 Å². The zero-order valence-electron chi connectivity index (χ0n) is 6.72. The van der Waals surface area contributed by atoms with Crippen molar-refractivity contribution in [3.05, 3.63) is 9.47 Å². The number of carbonyl (C=O) groups excluding carboxylic acids is 1. The van der Waals surface area contributed by atoms with E-state index < -0.39 is 0 Å². The second-order valence-corrected chi connectivity index (χ2v) is 5.49. The van der Waals surface area contributed by atoms with Crippen LogP contribution < -0.4 is 0 Å². The summed E-state index contributed by atoms with van der Waals surface area (Å²) in [6.07, 6.45) is 2.90. The van der Waals surface area contributed by atoms with Gasteiger partial charge in [-0.1, -0.05) is 6.08 Å². The van der Waals surface area contributed by atoms with Gasteiger partial charge in [-0.3, -0.25) is 4.79 Å². The first-order chi connectivity index (χ1) is 5.65. The largest absolute Gasteiger partial charge is 0.466 e. The van der Waals surface area contributed by atoms with Gasteiger partial charge in [0.25, 0.3) is 0 Å². The summed E-state index contributed by atoms with van der Waals surface area (Å²) in [5, 5.41) is 0. The zero-order chi connectivity index (χ0) is 9.14. The smallest absolute Gasteiger partial charge is 0.309 e. The summed E-state index contributed by atoms with van der Waals surface area (Å²) >= 11 is 6.51. The van der Waals surface area contributed by atoms with E-state index >= 15 is 0 Å². The van der Waals surface area contributed by atoms with E-state index in [-0.39, 0.29) is 11.9 Å². The van der Waals surface area contributed by atoms with Gasteiger partial charge in [-0.15, -0.1) is 0 Å². The SMILES string of the molecule is CCOC(=O)C1CC1C=C(Br)Br. The molecule has 0 heterocycles. The Kier molecular flexibility index (Phi) is 3.77. The van der Waals surface area contributed by atoms with Crippen LogP contribution in [0, 0.1) is 11.8 Å². The number of esters is 1. The van der Waals surface area contributed by atoms with Crippen LogP contribution in [0.15, 0.2) is 9.47 Å². The van der Waals surface area contributed by atoms with E-state index in [4.69, 9.17) is 4.74 Å². The van der Waals surface area contributed by atoms with Crippen LogP contribution in [-0.2, 0) is 9.53 Å². The summed E-state index contributed by atoms with van der Waals surface area (Å²) in [6.45, 7) is 2.30. The lowest BCUT2D eigenvalue weighted by molar-refractivity contribution is -0.144. The van der Waals surface area contributed by atoms with E-state index in [9.17, 15) is 4.79 Å². The molecule has 0 saturated heterocycles. The average molecular weight is 298 g/mol. The Bertz CT molecular complexity index is 209. The molecule has 2 unspecified atom stereocenters. The van der Waals surface area contributed by atoms with Gasteiger partial charge in [-0.05, 0) is 51.1 Å². The maximum absolute atomic E-state index is 11.1. The molecule has 1 rings (SSSR count). The predicted molar refractivity (Wildman–Crippen MR) is 54.2 cm³/mol. The normalized spacial score (nSPS) is 26.2. The van der Waals surface area contributed by atoms with Crippen molar-refractivity contribution in [1.82, 2.24) is 0 Å². The number of allylic oxidation sites excluding steroid dienone is 1. The summed E-state index contributed by atoms with van der Waals surface area (Å²) < 4.78 is 5.79. The molecule has 0 spiro atoms. The molecule has 0 amide bonds. The number of ether oxygens (including phenoxy) is 1. The highest BCUT2D eigenvalue weighted by molar-refractivity contribution is 9.28. The van der Waals surface area contributed by atoms with Crippen LogP contribution in [0.1, 0.15) is 13.3 Å². The lowest BCUT2D eigenvalue weighted by atomic mass is 10.3. The highest BCUT2D eigenvalue weighted by Gasteiger charge is 2.42. The van der Waals surface area contributed by atoms with E-state index in [0.29, 0.717) is 12.5 Å². The molecule has 0 N–H and O–H groups in total. The predicted octanol–water partition coefficient (Wildman–Crippen LogP) is 2.82. The highest BCUT2D eigenvalue weighted by atomic mass is 79.9. The molecule has 1 saturated carbocycles. The van der Waals surface area contributed by atoms with E-state index in [1.165, 1.54) is 0 Å². The van der Waals surface area contributed by atoms with Crippen molar-refractivity contribution >= 4 is 37.8 Å². The van der Waals surface area contributed by atoms with Crippen LogP contribution in [0.3, 0.4) is 0 Å². The minimum absolute atomic E-state index is 0.0694. The number of hydrogen-bond acceptors (Lipinski definition) is 2. The first-order valence-corrected chi connectivity index (χ1v) is 5.43. The molecule has 2 nitrogen and oxygen atoms in total. The second kappa shape index (κ2) is 4.42. The van der Waals surface area contributed by atoms with Crippen LogP contribution in [0.5, 0.6) is 0 Å². The Morgan fingerprint density at radius 1 is 1.67 bits per heavy atom. The molecular weight excluding hydrogens is 288 g/mol. The first kappa shape index (κ1) is 10.3. The molecule has 68 valence electrons. The molecule has 0 radical (unpaired) electrons. The summed E-state index contributed by atoms with van der Waals surface area (Å²) in [4.78, 5) is 11.1. The van der Waals surface area contributed by atoms with Gasteiger partial charge in [0.15, 0.2) is 0 Å². The third-order valence-electron chi connectivity index (χ3n) is 1.77. The fourth-order valence-corrected chi connectivity index (χ4v) is 1.76. The van der Waals surface area contributed by atoms with Crippen molar-refractivity contribution in [2.75, 3.05) is 6.61 Å². The van der Waals surface area contributed by atoms with Crippen LogP contribution in [0.2, 0.25) is 0 Å². The molecular formula is C8H10Br2O2. The standard InChI is InChI=1S/C8H10Br2O2/c1-2-12-8(11)6-3-5(6)4-7(9)10/h4-6H,2-3H2,1H3. The maximum atomic E-state index is 11.1. The Labute approximate surface area is 88.6 Å². The molecule has 0 bridgehead atoms. The minimum Gasteiger partial charge on any atom is -0.466 e. The van der Waals surface area contributed by atoms with E-state index in [1.54, 1.807) is 0 Å². The van der Waals surface area contributed by atoms with Gasteiger partial charge in [0.05, 0.1) is 15.9 Å². The summed E-state index contributed by atoms with van der Waals surface area (Å²) in [7, 11) is 0. The van der Waals surface area contributed by atoms with Crippen molar-refractivity contribution in [1.29, 1.82) is 0 Å². The molecule has 1 aliphatic carbocycles. The van der Waals surface area contributed by atoms with E-state index in [0.717, 1.165) is 9.81 Å². The van der Waals surface area contributed by atoms with Gasteiger partial charge >= 0.3 is 5.97 Å². The topological polar surface area (TPSA) is 26.3 Å². The summed E-state index contributed by atoms with van der Waals surface area (Å²) in [5.41, 5.74) is 0. The third-order valence-corrected chi connectivity index (χ3v) is 2.30. The Morgan fingerprint density at radius 3 is 2.83 bits per heavy atom. The maximum Gasteiger partial charge on any atom is 0.309 e. The number of rotatable bonds is 3. The third kappa shape index (κ3) is 2.90. The van der Waals surface area contributed by atoms with Gasteiger partial charge in [0.1, 0.15) is 0 Å². The molecule has 0 aromatic rings. The number of halogens is 2. The zero-order valence-corrected chi connectivity index (χ0v) is 9.89.